The summed E-state index contributed by atoms with van der Waals surface area (Å²) in [5.74, 6) is 0.841. The number of carbonyl (C=O) groups excluding carboxylic acids is 2. The second-order valence-corrected chi connectivity index (χ2v) is 18.8. The summed E-state index contributed by atoms with van der Waals surface area (Å²) in [7, 11) is -1.84. The van der Waals surface area contributed by atoms with E-state index in [4.69, 9.17) is 13.9 Å². The molecule has 0 aromatic heterocycles. The van der Waals surface area contributed by atoms with Crippen molar-refractivity contribution in [2.75, 3.05) is 6.61 Å². The van der Waals surface area contributed by atoms with E-state index < -0.39 is 8.32 Å². The molecule has 0 N–H and O–H groups in total. The van der Waals surface area contributed by atoms with E-state index in [0.29, 0.717) is 23.2 Å². The summed E-state index contributed by atoms with van der Waals surface area (Å²) in [4.78, 5) is 24.0. The molecule has 0 aromatic carbocycles. The average Bonchev–Trinajstić information content (AvgIpc) is 3.11. The normalized spacial score (nSPS) is 38.0. The summed E-state index contributed by atoms with van der Waals surface area (Å²) < 4.78 is 18.5. The van der Waals surface area contributed by atoms with Crippen LogP contribution in [0.4, 0.5) is 0 Å². The van der Waals surface area contributed by atoms with Gasteiger partial charge < -0.3 is 13.9 Å². The first-order valence-corrected chi connectivity index (χ1v) is 17.0. The van der Waals surface area contributed by atoms with Crippen LogP contribution in [0.5, 0.6) is 0 Å². The molecule has 202 valence electrons. The molecular formula is C29H52O5Si. The third kappa shape index (κ3) is 6.17. The highest BCUT2D eigenvalue weighted by Gasteiger charge is 2.57. The summed E-state index contributed by atoms with van der Waals surface area (Å²) in [6, 6.07) is 0. The smallest absolute Gasteiger partial charge is 0.302 e. The van der Waals surface area contributed by atoms with E-state index in [2.05, 4.69) is 47.7 Å². The second-order valence-electron chi connectivity index (χ2n) is 14.0. The fraction of sp³-hybridized carbons (Fsp3) is 0.931. The van der Waals surface area contributed by atoms with E-state index in [0.717, 1.165) is 45.1 Å². The van der Waals surface area contributed by atoms with Gasteiger partial charge in [-0.3, -0.25) is 9.59 Å². The Balaban J connectivity index is 1.85. The van der Waals surface area contributed by atoms with Crippen LogP contribution in [0.2, 0.25) is 18.1 Å². The van der Waals surface area contributed by atoms with Gasteiger partial charge in [0.05, 0.1) is 0 Å². The fourth-order valence-corrected chi connectivity index (χ4v) is 8.51. The Labute approximate surface area is 215 Å². The second kappa shape index (κ2) is 10.5. The van der Waals surface area contributed by atoms with E-state index in [1.54, 1.807) is 6.92 Å². The molecule has 3 aliphatic rings. The Kier molecular flexibility index (Phi) is 8.58. The topological polar surface area (TPSA) is 61.8 Å². The van der Waals surface area contributed by atoms with Crippen molar-refractivity contribution >= 4 is 20.3 Å². The molecule has 0 saturated heterocycles. The van der Waals surface area contributed by atoms with Crippen molar-refractivity contribution in [1.82, 2.24) is 0 Å². The van der Waals surface area contributed by atoms with Gasteiger partial charge in [-0.15, -0.1) is 0 Å². The average molecular weight is 509 g/mol. The predicted octanol–water partition coefficient (Wildman–Crippen LogP) is 7.28. The van der Waals surface area contributed by atoms with Crippen LogP contribution in [0.15, 0.2) is 0 Å². The van der Waals surface area contributed by atoms with E-state index >= 15 is 0 Å². The molecule has 0 bridgehead atoms. The zero-order valence-electron chi connectivity index (χ0n) is 24.0. The third-order valence-corrected chi connectivity index (χ3v) is 15.2. The molecule has 0 aromatic rings. The number of hydrogen-bond acceptors (Lipinski definition) is 5. The number of fused-ring (bicyclic) bond motifs is 1. The number of rotatable bonds is 7. The minimum Gasteiger partial charge on any atom is -0.463 e. The minimum atomic E-state index is -1.84. The lowest BCUT2D eigenvalue weighted by molar-refractivity contribution is -0.178. The fourth-order valence-electron chi connectivity index (χ4n) is 7.45. The Hall–Kier alpha value is -0.883. The van der Waals surface area contributed by atoms with E-state index in [1.165, 1.54) is 26.2 Å². The van der Waals surface area contributed by atoms with Crippen molar-refractivity contribution in [3.8, 4) is 0 Å². The molecule has 7 atom stereocenters. The Morgan fingerprint density at radius 3 is 2.17 bits per heavy atom. The highest BCUT2D eigenvalue weighted by atomic mass is 28.4. The van der Waals surface area contributed by atoms with Gasteiger partial charge in [0.2, 0.25) is 0 Å². The number of hydrogen-bond donors (Lipinski definition) is 0. The molecule has 3 rings (SSSR count). The monoisotopic (exact) mass is 508 g/mol. The lowest BCUT2D eigenvalue weighted by atomic mass is 9.51. The predicted molar refractivity (Wildman–Crippen MR) is 142 cm³/mol. The maximum absolute atomic E-state index is 12.3. The number of esters is 2. The van der Waals surface area contributed by atoms with E-state index in [-0.39, 0.29) is 34.6 Å². The van der Waals surface area contributed by atoms with Crippen molar-refractivity contribution in [3.63, 3.8) is 0 Å². The van der Waals surface area contributed by atoms with Gasteiger partial charge in [0.15, 0.2) is 8.32 Å². The van der Waals surface area contributed by atoms with Crippen LogP contribution in [0.1, 0.15) is 106 Å². The van der Waals surface area contributed by atoms with Crippen LogP contribution in [-0.2, 0) is 23.5 Å². The van der Waals surface area contributed by atoms with Crippen LogP contribution in [0.25, 0.3) is 0 Å². The van der Waals surface area contributed by atoms with Gasteiger partial charge in [0, 0.05) is 32.3 Å². The van der Waals surface area contributed by atoms with Crippen LogP contribution in [-0.4, -0.2) is 39.1 Å². The van der Waals surface area contributed by atoms with Gasteiger partial charge in [-0.25, -0.2) is 0 Å². The van der Waals surface area contributed by atoms with Gasteiger partial charge >= 0.3 is 11.9 Å². The molecule has 35 heavy (non-hydrogen) atoms. The molecule has 3 aliphatic carbocycles. The maximum Gasteiger partial charge on any atom is 0.302 e. The molecular weight excluding hydrogens is 456 g/mol. The van der Waals surface area contributed by atoms with Gasteiger partial charge in [-0.2, -0.15) is 0 Å². The van der Waals surface area contributed by atoms with Crippen LogP contribution in [0.3, 0.4) is 0 Å². The first kappa shape index (κ1) is 28.7. The molecule has 0 aliphatic heterocycles. The van der Waals surface area contributed by atoms with Crippen molar-refractivity contribution in [3.05, 3.63) is 0 Å². The lowest BCUT2D eigenvalue weighted by Gasteiger charge is -2.56. The van der Waals surface area contributed by atoms with Gasteiger partial charge in [-0.05, 0) is 86.2 Å². The number of ether oxygens (including phenoxy) is 2. The zero-order chi connectivity index (χ0) is 26.2. The highest BCUT2D eigenvalue weighted by Crippen LogP contribution is 2.61. The summed E-state index contributed by atoms with van der Waals surface area (Å²) >= 11 is 0. The molecule has 3 saturated carbocycles. The minimum absolute atomic E-state index is 0.00663. The molecule has 6 heteroatoms. The third-order valence-electron chi connectivity index (χ3n) is 10.7. The molecule has 0 amide bonds. The first-order chi connectivity index (χ1) is 16.1. The maximum atomic E-state index is 12.3. The summed E-state index contributed by atoms with van der Waals surface area (Å²) in [6.07, 6.45) is 9.68. The van der Waals surface area contributed by atoms with Crippen LogP contribution < -0.4 is 0 Å². The molecule has 0 unspecified atom stereocenters. The van der Waals surface area contributed by atoms with E-state index in [1.807, 2.05) is 0 Å². The summed E-state index contributed by atoms with van der Waals surface area (Å²) in [5, 5.41) is 0.180. The molecule has 0 heterocycles. The van der Waals surface area contributed by atoms with Gasteiger partial charge in [0.1, 0.15) is 12.2 Å². The Morgan fingerprint density at radius 1 is 0.914 bits per heavy atom. The van der Waals surface area contributed by atoms with Crippen molar-refractivity contribution in [1.29, 1.82) is 0 Å². The van der Waals surface area contributed by atoms with Crippen LogP contribution >= 0.6 is 0 Å². The van der Waals surface area contributed by atoms with Gasteiger partial charge in [-0.1, -0.05) is 41.0 Å². The Morgan fingerprint density at radius 2 is 1.57 bits per heavy atom. The van der Waals surface area contributed by atoms with Gasteiger partial charge in [0.25, 0.3) is 0 Å². The number of carbonyl (C=O) groups is 2. The molecule has 0 radical (unpaired) electrons. The van der Waals surface area contributed by atoms with Crippen molar-refractivity contribution in [2.45, 2.75) is 137 Å². The quantitative estimate of drug-likeness (QED) is 0.267. The Bertz CT molecular complexity index is 774. The SMILES string of the molecule is CC(=O)O[C@H]1CC[C@](C)([C@H]2CC[C@]3(C)CCC[C@H]3[C@@H]2OC(C)=O)[C@@H](CCO[Si](C)(C)C(C)(C)C)C1. The van der Waals surface area contributed by atoms with E-state index in [9.17, 15) is 9.59 Å². The van der Waals surface area contributed by atoms with Crippen molar-refractivity contribution in [2.24, 2.45) is 28.6 Å². The molecule has 0 spiro atoms. The molecule has 5 nitrogen and oxygen atoms in total. The zero-order valence-corrected chi connectivity index (χ0v) is 25.0. The first-order valence-electron chi connectivity index (χ1n) is 14.1. The lowest BCUT2D eigenvalue weighted by Crippen LogP contribution is -2.54. The van der Waals surface area contributed by atoms with Crippen molar-refractivity contribution < 1.29 is 23.5 Å². The van der Waals surface area contributed by atoms with Crippen LogP contribution in [0, 0.1) is 28.6 Å². The summed E-state index contributed by atoms with van der Waals surface area (Å²) in [5.41, 5.74) is 0.334. The molecule has 3 fully saturated rings. The summed E-state index contributed by atoms with van der Waals surface area (Å²) in [6.45, 7) is 20.2. The largest absolute Gasteiger partial charge is 0.463 e. The standard InChI is InChI=1S/C29H52O5Si/c1-20(30)33-23-12-17-29(7,22(19-23)14-18-32-35(8,9)27(3,4)5)25-13-16-28(6)15-10-11-24(28)26(25)34-21(2)31/h22-26H,10-19H2,1-9H3/t22-,23-,24-,25-,26-,28-,29-/m0/s1. The highest BCUT2D eigenvalue weighted by molar-refractivity contribution is 6.74.